The number of carbonyl (C=O) groups is 1. The number of amides is 1. The summed E-state index contributed by atoms with van der Waals surface area (Å²) in [4.78, 5) is 12.0. The van der Waals surface area contributed by atoms with Gasteiger partial charge in [-0.2, -0.15) is 0 Å². The number of anilines is 2. The van der Waals surface area contributed by atoms with Gasteiger partial charge < -0.3 is 11.1 Å². The van der Waals surface area contributed by atoms with E-state index in [1.54, 1.807) is 6.07 Å². The molecule has 6 nitrogen and oxygen atoms in total. The van der Waals surface area contributed by atoms with Crippen LogP contribution in [-0.2, 0) is 4.79 Å². The summed E-state index contributed by atoms with van der Waals surface area (Å²) in [5, 5.41) is 12.1. The van der Waals surface area contributed by atoms with Gasteiger partial charge in [0, 0.05) is 16.8 Å². The summed E-state index contributed by atoms with van der Waals surface area (Å²) >= 11 is 7.38. The summed E-state index contributed by atoms with van der Waals surface area (Å²) in [5.74, 6) is 0.542. The van der Waals surface area contributed by atoms with Crippen molar-refractivity contribution in [1.29, 1.82) is 0 Å². The molecule has 0 saturated heterocycles. The van der Waals surface area contributed by atoms with Crippen LogP contribution < -0.4 is 11.1 Å². The smallest absolute Gasteiger partial charge is 0.234 e. The standard InChI is InChI=1S/C14H16ClN5OS/c1-8-2-3-9(6-11(8)15)17-12(21)7-22-14-19-18-13(16)20(14)10-4-5-10/h2-3,6,10H,4-5,7H2,1H3,(H2,16,18)(H,17,21). The molecule has 0 aliphatic heterocycles. The van der Waals surface area contributed by atoms with Crippen molar-refractivity contribution >= 4 is 40.9 Å². The number of nitrogen functional groups attached to an aromatic ring is 1. The quantitative estimate of drug-likeness (QED) is 0.819. The van der Waals surface area contributed by atoms with Gasteiger partial charge >= 0.3 is 0 Å². The lowest BCUT2D eigenvalue weighted by molar-refractivity contribution is -0.113. The van der Waals surface area contributed by atoms with E-state index >= 15 is 0 Å². The molecule has 1 heterocycles. The number of hydrogen-bond acceptors (Lipinski definition) is 5. The van der Waals surface area contributed by atoms with Crippen molar-refractivity contribution in [1.82, 2.24) is 14.8 Å². The molecular weight excluding hydrogens is 322 g/mol. The Labute approximate surface area is 137 Å². The SMILES string of the molecule is Cc1ccc(NC(=O)CSc2nnc(N)n2C2CC2)cc1Cl. The van der Waals surface area contributed by atoms with E-state index in [1.165, 1.54) is 11.8 Å². The van der Waals surface area contributed by atoms with Crippen LogP contribution in [0, 0.1) is 6.92 Å². The summed E-state index contributed by atoms with van der Waals surface area (Å²) < 4.78 is 1.90. The molecular formula is C14H16ClN5OS. The molecule has 2 aromatic rings. The minimum absolute atomic E-state index is 0.117. The first-order valence-corrected chi connectivity index (χ1v) is 8.30. The van der Waals surface area contributed by atoms with E-state index in [4.69, 9.17) is 17.3 Å². The molecule has 0 bridgehead atoms. The van der Waals surface area contributed by atoms with Crippen LogP contribution in [0.4, 0.5) is 11.6 Å². The summed E-state index contributed by atoms with van der Waals surface area (Å²) in [6.45, 7) is 1.92. The maximum Gasteiger partial charge on any atom is 0.234 e. The Morgan fingerprint density at radius 1 is 1.50 bits per heavy atom. The zero-order valence-corrected chi connectivity index (χ0v) is 13.6. The second kappa shape index (κ2) is 6.18. The van der Waals surface area contributed by atoms with E-state index in [0.717, 1.165) is 18.4 Å². The zero-order chi connectivity index (χ0) is 15.7. The Bertz CT molecular complexity index is 713. The summed E-state index contributed by atoms with van der Waals surface area (Å²) in [7, 11) is 0. The highest BCUT2D eigenvalue weighted by molar-refractivity contribution is 7.99. The molecule has 1 aromatic heterocycles. The second-order valence-electron chi connectivity index (χ2n) is 5.24. The van der Waals surface area contributed by atoms with Gasteiger partial charge in [-0.1, -0.05) is 29.4 Å². The van der Waals surface area contributed by atoms with Crippen molar-refractivity contribution < 1.29 is 4.79 Å². The molecule has 0 atom stereocenters. The van der Waals surface area contributed by atoms with Gasteiger partial charge in [-0.15, -0.1) is 10.2 Å². The largest absolute Gasteiger partial charge is 0.368 e. The van der Waals surface area contributed by atoms with Crippen LogP contribution >= 0.6 is 23.4 Å². The number of hydrogen-bond donors (Lipinski definition) is 2. The highest BCUT2D eigenvalue weighted by Crippen LogP contribution is 2.39. The number of aryl methyl sites for hydroxylation is 1. The van der Waals surface area contributed by atoms with Gasteiger partial charge in [0.05, 0.1) is 5.75 Å². The van der Waals surface area contributed by atoms with Crippen molar-refractivity contribution in [3.8, 4) is 0 Å². The lowest BCUT2D eigenvalue weighted by atomic mass is 10.2. The minimum atomic E-state index is -0.117. The average Bonchev–Trinajstić information content (AvgIpc) is 3.24. The molecule has 116 valence electrons. The number of benzene rings is 1. The van der Waals surface area contributed by atoms with Crippen molar-refractivity contribution in [2.45, 2.75) is 31.0 Å². The van der Waals surface area contributed by atoms with E-state index < -0.39 is 0 Å². The lowest BCUT2D eigenvalue weighted by Gasteiger charge is -2.08. The molecule has 1 aliphatic carbocycles. The molecule has 0 unspecified atom stereocenters. The first-order chi connectivity index (χ1) is 10.5. The fraction of sp³-hybridized carbons (Fsp3) is 0.357. The van der Waals surface area contributed by atoms with Crippen molar-refractivity contribution in [2.24, 2.45) is 0 Å². The normalized spacial score (nSPS) is 14.1. The van der Waals surface area contributed by atoms with Gasteiger partial charge in [0.25, 0.3) is 0 Å². The Morgan fingerprint density at radius 3 is 2.95 bits per heavy atom. The monoisotopic (exact) mass is 337 g/mol. The van der Waals surface area contributed by atoms with E-state index in [1.807, 2.05) is 23.6 Å². The Morgan fingerprint density at radius 2 is 2.27 bits per heavy atom. The van der Waals surface area contributed by atoms with E-state index in [9.17, 15) is 4.79 Å². The molecule has 1 saturated carbocycles. The summed E-state index contributed by atoms with van der Waals surface area (Å²) in [6.07, 6.45) is 2.17. The Balaban J connectivity index is 1.59. The molecule has 0 spiro atoms. The number of carbonyl (C=O) groups excluding carboxylic acids is 1. The van der Waals surface area contributed by atoms with Crippen molar-refractivity contribution in [3.05, 3.63) is 28.8 Å². The van der Waals surface area contributed by atoms with Gasteiger partial charge in [0.1, 0.15) is 0 Å². The summed E-state index contributed by atoms with van der Waals surface area (Å²) in [5.41, 5.74) is 7.46. The third-order valence-electron chi connectivity index (χ3n) is 3.39. The van der Waals surface area contributed by atoms with Crippen LogP contribution in [0.1, 0.15) is 24.4 Å². The Hall–Kier alpha value is -1.73. The van der Waals surface area contributed by atoms with Crippen LogP contribution in [-0.4, -0.2) is 26.4 Å². The van der Waals surface area contributed by atoms with Crippen LogP contribution in [0.15, 0.2) is 23.4 Å². The number of nitrogens with one attached hydrogen (secondary N) is 1. The maximum atomic E-state index is 12.0. The molecule has 3 rings (SSSR count). The average molecular weight is 338 g/mol. The van der Waals surface area contributed by atoms with Gasteiger partial charge in [0.2, 0.25) is 11.9 Å². The van der Waals surface area contributed by atoms with E-state index in [-0.39, 0.29) is 11.7 Å². The topological polar surface area (TPSA) is 85.8 Å². The van der Waals surface area contributed by atoms with Gasteiger partial charge in [-0.05, 0) is 37.5 Å². The minimum Gasteiger partial charge on any atom is -0.368 e. The Kier molecular flexibility index (Phi) is 4.26. The van der Waals surface area contributed by atoms with Crippen molar-refractivity contribution in [3.63, 3.8) is 0 Å². The van der Waals surface area contributed by atoms with E-state index in [0.29, 0.717) is 27.9 Å². The lowest BCUT2D eigenvalue weighted by Crippen LogP contribution is -2.14. The number of nitrogens with two attached hydrogens (primary N) is 1. The molecule has 22 heavy (non-hydrogen) atoms. The molecule has 8 heteroatoms. The first-order valence-electron chi connectivity index (χ1n) is 6.94. The number of rotatable bonds is 5. The van der Waals surface area contributed by atoms with Crippen LogP contribution in [0.3, 0.4) is 0 Å². The highest BCUT2D eigenvalue weighted by atomic mass is 35.5. The van der Waals surface area contributed by atoms with Gasteiger partial charge in [-0.3, -0.25) is 9.36 Å². The molecule has 1 amide bonds. The number of nitrogens with zero attached hydrogens (tertiary/aromatic N) is 3. The maximum absolute atomic E-state index is 12.0. The zero-order valence-electron chi connectivity index (χ0n) is 12.0. The molecule has 3 N–H and O–H groups in total. The van der Waals surface area contributed by atoms with Crippen LogP contribution in [0.2, 0.25) is 5.02 Å². The second-order valence-corrected chi connectivity index (χ2v) is 6.59. The van der Waals surface area contributed by atoms with Gasteiger partial charge in [0.15, 0.2) is 5.16 Å². The number of halogens is 1. The van der Waals surface area contributed by atoms with Crippen LogP contribution in [0.5, 0.6) is 0 Å². The fourth-order valence-corrected chi connectivity index (χ4v) is 3.05. The van der Waals surface area contributed by atoms with E-state index in [2.05, 4.69) is 15.5 Å². The third-order valence-corrected chi connectivity index (χ3v) is 4.74. The molecule has 1 fully saturated rings. The number of thioether (sulfide) groups is 1. The highest BCUT2D eigenvalue weighted by Gasteiger charge is 2.29. The fourth-order valence-electron chi connectivity index (χ4n) is 2.06. The first kappa shape index (κ1) is 15.2. The third kappa shape index (κ3) is 3.36. The van der Waals surface area contributed by atoms with Gasteiger partial charge in [-0.25, -0.2) is 0 Å². The predicted octanol–water partition coefficient (Wildman–Crippen LogP) is 2.89. The number of aromatic nitrogens is 3. The summed E-state index contributed by atoms with van der Waals surface area (Å²) in [6, 6.07) is 5.82. The molecule has 1 aromatic carbocycles. The van der Waals surface area contributed by atoms with Crippen LogP contribution in [0.25, 0.3) is 0 Å². The molecule has 1 aliphatic rings. The predicted molar refractivity (Wildman–Crippen MR) is 88.2 cm³/mol. The van der Waals surface area contributed by atoms with Crippen molar-refractivity contribution in [2.75, 3.05) is 16.8 Å². The molecule has 0 radical (unpaired) electrons.